The molecule has 178 valence electrons. The summed E-state index contributed by atoms with van der Waals surface area (Å²) in [6.45, 7) is 8.92. The molecule has 0 aliphatic carbocycles. The zero-order valence-electron chi connectivity index (χ0n) is 20.0. The highest BCUT2D eigenvalue weighted by Crippen LogP contribution is 2.27. The van der Waals surface area contributed by atoms with Crippen LogP contribution in [0.25, 0.3) is 0 Å². The first-order chi connectivity index (χ1) is 15.5. The summed E-state index contributed by atoms with van der Waals surface area (Å²) in [5.74, 6) is -0.0251. The molecule has 2 aromatic carbocycles. The predicted octanol–water partition coefficient (Wildman–Crippen LogP) is 3.68. The zero-order valence-corrected chi connectivity index (χ0v) is 20.8. The Hall–Kier alpha value is -2.71. The second-order valence-corrected chi connectivity index (χ2v) is 11.2. The average molecular weight is 472 g/mol. The van der Waals surface area contributed by atoms with Crippen molar-refractivity contribution >= 4 is 27.5 Å². The monoisotopic (exact) mass is 471 g/mol. The van der Waals surface area contributed by atoms with Crippen LogP contribution in [0.1, 0.15) is 41.8 Å². The highest BCUT2D eigenvalue weighted by atomic mass is 32.2. The third-order valence-electron chi connectivity index (χ3n) is 6.18. The number of benzene rings is 2. The Labute approximate surface area is 196 Å². The Kier molecular flexibility index (Phi) is 7.59. The van der Waals surface area contributed by atoms with E-state index in [9.17, 15) is 18.0 Å². The van der Waals surface area contributed by atoms with Crippen molar-refractivity contribution in [2.24, 2.45) is 11.8 Å². The molecule has 2 atom stereocenters. The van der Waals surface area contributed by atoms with Crippen molar-refractivity contribution in [3.05, 3.63) is 59.2 Å². The predicted molar refractivity (Wildman–Crippen MR) is 130 cm³/mol. The van der Waals surface area contributed by atoms with E-state index in [2.05, 4.69) is 19.2 Å². The van der Waals surface area contributed by atoms with Crippen LogP contribution in [0.15, 0.2) is 47.4 Å². The van der Waals surface area contributed by atoms with Gasteiger partial charge in [-0.2, -0.15) is 4.31 Å². The van der Waals surface area contributed by atoms with E-state index in [0.29, 0.717) is 30.5 Å². The average Bonchev–Trinajstić information content (AvgIpc) is 2.75. The van der Waals surface area contributed by atoms with Gasteiger partial charge in [0.2, 0.25) is 15.9 Å². The molecule has 0 spiro atoms. The van der Waals surface area contributed by atoms with Crippen LogP contribution >= 0.6 is 0 Å². The fourth-order valence-corrected chi connectivity index (χ4v) is 5.98. The molecule has 0 saturated carbocycles. The topological polar surface area (TPSA) is 86.8 Å². The van der Waals surface area contributed by atoms with Crippen molar-refractivity contribution in [1.29, 1.82) is 0 Å². The van der Waals surface area contributed by atoms with E-state index in [1.54, 1.807) is 7.05 Å². The van der Waals surface area contributed by atoms with E-state index in [1.807, 2.05) is 32.0 Å². The van der Waals surface area contributed by atoms with Crippen molar-refractivity contribution in [3.8, 4) is 0 Å². The van der Waals surface area contributed by atoms with Crippen molar-refractivity contribution in [2.45, 2.75) is 39.0 Å². The number of amides is 2. The quantitative estimate of drug-likeness (QED) is 0.696. The van der Waals surface area contributed by atoms with Gasteiger partial charge in [-0.05, 0) is 73.6 Å². The zero-order chi connectivity index (χ0) is 24.3. The lowest BCUT2D eigenvalue weighted by Gasteiger charge is -2.34. The first-order valence-electron chi connectivity index (χ1n) is 11.2. The number of carbonyl (C=O) groups is 2. The van der Waals surface area contributed by atoms with Gasteiger partial charge in [-0.25, -0.2) is 8.42 Å². The van der Waals surface area contributed by atoms with Gasteiger partial charge in [0.25, 0.3) is 5.91 Å². The van der Waals surface area contributed by atoms with Crippen LogP contribution in [0.5, 0.6) is 0 Å². The van der Waals surface area contributed by atoms with Crippen molar-refractivity contribution in [1.82, 2.24) is 9.21 Å². The molecule has 33 heavy (non-hydrogen) atoms. The molecular weight excluding hydrogens is 438 g/mol. The van der Waals surface area contributed by atoms with Crippen molar-refractivity contribution in [2.75, 3.05) is 32.0 Å². The second-order valence-electron chi connectivity index (χ2n) is 9.25. The first kappa shape index (κ1) is 24.9. The Morgan fingerprint density at radius 1 is 1.03 bits per heavy atom. The van der Waals surface area contributed by atoms with Gasteiger partial charge >= 0.3 is 0 Å². The van der Waals surface area contributed by atoms with Crippen LogP contribution in [-0.2, 0) is 14.8 Å². The molecule has 1 N–H and O–H groups in total. The summed E-state index contributed by atoms with van der Waals surface area (Å²) in [7, 11) is -2.06. The molecule has 0 bridgehead atoms. The van der Waals surface area contributed by atoms with E-state index in [1.165, 1.54) is 33.5 Å². The summed E-state index contributed by atoms with van der Waals surface area (Å²) in [4.78, 5) is 26.7. The maximum absolute atomic E-state index is 13.0. The molecule has 3 rings (SSSR count). The Balaban J connectivity index is 1.65. The number of hydrogen-bond acceptors (Lipinski definition) is 4. The smallest absolute Gasteiger partial charge is 0.254 e. The van der Waals surface area contributed by atoms with Crippen LogP contribution in [0, 0.1) is 25.7 Å². The van der Waals surface area contributed by atoms with Crippen LogP contribution in [0.3, 0.4) is 0 Å². The standard InChI is InChI=1S/C25H33N3O4S/c1-17-13-18(2)15-28(14-17)33(31,32)22-11-9-21(10-12-22)25(30)27(5)16-24(29)26-23-8-6-7-19(3)20(23)4/h6-12,17-18H,13-16H2,1-5H3,(H,26,29)/t17-,18+. The number of aryl methyl sites for hydroxylation is 1. The van der Waals surface area contributed by atoms with E-state index in [0.717, 1.165) is 23.2 Å². The summed E-state index contributed by atoms with van der Waals surface area (Å²) in [6.07, 6.45) is 1.02. The van der Waals surface area contributed by atoms with E-state index >= 15 is 0 Å². The summed E-state index contributed by atoms with van der Waals surface area (Å²) >= 11 is 0. The van der Waals surface area contributed by atoms with Crippen molar-refractivity contribution in [3.63, 3.8) is 0 Å². The van der Waals surface area contributed by atoms with E-state index < -0.39 is 10.0 Å². The van der Waals surface area contributed by atoms with E-state index in [4.69, 9.17) is 0 Å². The Morgan fingerprint density at radius 3 is 2.24 bits per heavy atom. The lowest BCUT2D eigenvalue weighted by molar-refractivity contribution is -0.116. The summed E-state index contributed by atoms with van der Waals surface area (Å²) in [5, 5.41) is 2.84. The highest BCUT2D eigenvalue weighted by Gasteiger charge is 2.31. The summed E-state index contributed by atoms with van der Waals surface area (Å²) < 4.78 is 27.6. The highest BCUT2D eigenvalue weighted by molar-refractivity contribution is 7.89. The molecule has 0 aromatic heterocycles. The Morgan fingerprint density at radius 2 is 1.64 bits per heavy atom. The van der Waals surface area contributed by atoms with Gasteiger partial charge in [-0.1, -0.05) is 26.0 Å². The molecular formula is C25H33N3O4S. The van der Waals surface area contributed by atoms with Crippen LogP contribution < -0.4 is 5.32 Å². The van der Waals surface area contributed by atoms with Gasteiger partial charge in [0.05, 0.1) is 11.4 Å². The van der Waals surface area contributed by atoms with Crippen LogP contribution in [0.2, 0.25) is 0 Å². The molecule has 1 saturated heterocycles. The molecule has 8 heteroatoms. The van der Waals surface area contributed by atoms with Crippen molar-refractivity contribution < 1.29 is 18.0 Å². The second kappa shape index (κ2) is 10.1. The SMILES string of the molecule is Cc1cccc(NC(=O)CN(C)C(=O)c2ccc(S(=O)(=O)N3C[C@H](C)C[C@H](C)C3)cc2)c1C. The lowest BCUT2D eigenvalue weighted by Crippen LogP contribution is -2.42. The lowest BCUT2D eigenvalue weighted by atomic mass is 9.94. The summed E-state index contributed by atoms with van der Waals surface area (Å²) in [6, 6.07) is 11.6. The molecule has 2 aromatic rings. The molecule has 1 fully saturated rings. The maximum Gasteiger partial charge on any atom is 0.254 e. The number of rotatable bonds is 6. The molecule has 7 nitrogen and oxygen atoms in total. The number of anilines is 1. The minimum atomic E-state index is -3.61. The largest absolute Gasteiger partial charge is 0.332 e. The fourth-order valence-electron chi connectivity index (χ4n) is 4.30. The number of nitrogens with zero attached hydrogens (tertiary/aromatic N) is 2. The van der Waals surface area contributed by atoms with Crippen LogP contribution in [-0.4, -0.2) is 56.1 Å². The number of sulfonamides is 1. The molecule has 0 unspecified atom stereocenters. The third-order valence-corrected chi connectivity index (χ3v) is 8.03. The number of nitrogens with one attached hydrogen (secondary N) is 1. The summed E-state index contributed by atoms with van der Waals surface area (Å²) in [5.41, 5.74) is 3.10. The first-order valence-corrected chi connectivity index (χ1v) is 12.6. The van der Waals surface area contributed by atoms with Gasteiger partial charge < -0.3 is 10.2 Å². The molecule has 1 aliphatic heterocycles. The maximum atomic E-state index is 13.0. The number of hydrogen-bond donors (Lipinski definition) is 1. The minimum absolute atomic E-state index is 0.115. The molecule has 2 amide bonds. The number of piperidine rings is 1. The number of likely N-dealkylation sites (N-methyl/N-ethyl adjacent to an activating group) is 1. The van der Waals surface area contributed by atoms with Crippen LogP contribution in [0.4, 0.5) is 5.69 Å². The Bertz CT molecular complexity index is 1120. The molecule has 1 heterocycles. The molecule has 1 aliphatic rings. The van der Waals surface area contributed by atoms with Gasteiger partial charge in [0.15, 0.2) is 0 Å². The van der Waals surface area contributed by atoms with E-state index in [-0.39, 0.29) is 23.3 Å². The molecule has 0 radical (unpaired) electrons. The minimum Gasteiger partial charge on any atom is -0.332 e. The fraction of sp³-hybridized carbons (Fsp3) is 0.440. The third kappa shape index (κ3) is 5.81. The van der Waals surface area contributed by atoms with Gasteiger partial charge in [-0.15, -0.1) is 0 Å². The van der Waals surface area contributed by atoms with Gasteiger partial charge in [0, 0.05) is 31.4 Å². The van der Waals surface area contributed by atoms with Gasteiger partial charge in [-0.3, -0.25) is 9.59 Å². The normalized spacial score (nSPS) is 19.2. The number of carbonyl (C=O) groups excluding carboxylic acids is 2. The van der Waals surface area contributed by atoms with Gasteiger partial charge in [0.1, 0.15) is 0 Å².